The first-order chi connectivity index (χ1) is 14.4. The van der Waals surface area contributed by atoms with Crippen molar-refractivity contribution >= 4 is 17.7 Å². The quantitative estimate of drug-likeness (QED) is 0.264. The number of nitriles is 1. The van der Waals surface area contributed by atoms with E-state index in [9.17, 15) is 20.2 Å². The Morgan fingerprint density at radius 3 is 2.40 bits per heavy atom. The second-order valence-corrected chi connectivity index (χ2v) is 6.60. The van der Waals surface area contributed by atoms with Crippen molar-refractivity contribution in [2.24, 2.45) is 0 Å². The Morgan fingerprint density at radius 2 is 1.87 bits per heavy atom. The van der Waals surface area contributed by atoms with Crippen LogP contribution < -0.4 is 4.74 Å². The van der Waals surface area contributed by atoms with Crippen LogP contribution in [0.3, 0.4) is 0 Å². The van der Waals surface area contributed by atoms with E-state index in [0.29, 0.717) is 22.7 Å². The van der Waals surface area contributed by atoms with Crippen LogP contribution in [0.4, 0.5) is 5.69 Å². The largest absolute Gasteiger partial charge is 0.489 e. The van der Waals surface area contributed by atoms with Gasteiger partial charge in [-0.05, 0) is 61.4 Å². The summed E-state index contributed by atoms with van der Waals surface area (Å²) < 4.78 is 6.89. The predicted octanol–water partition coefficient (Wildman–Crippen LogP) is 4.23. The molecule has 3 aromatic rings. The molecule has 0 aliphatic rings. The SMILES string of the molecule is Cc1cc(C)n(C(=O)/C(C#N)=C/c2ccc(OCc3ccc([N+](=O)[O-])cc3)cc2)n1. The van der Waals surface area contributed by atoms with Crippen molar-refractivity contribution in [1.82, 2.24) is 9.78 Å². The normalized spacial score (nSPS) is 11.0. The monoisotopic (exact) mass is 402 g/mol. The van der Waals surface area contributed by atoms with Crippen molar-refractivity contribution in [3.8, 4) is 11.8 Å². The molecule has 0 aliphatic carbocycles. The molecule has 1 heterocycles. The van der Waals surface area contributed by atoms with Gasteiger partial charge in [-0.15, -0.1) is 0 Å². The predicted molar refractivity (Wildman–Crippen MR) is 110 cm³/mol. The van der Waals surface area contributed by atoms with E-state index in [1.54, 1.807) is 56.3 Å². The summed E-state index contributed by atoms with van der Waals surface area (Å²) in [5.74, 6) is 0.107. The van der Waals surface area contributed by atoms with Gasteiger partial charge in [-0.3, -0.25) is 14.9 Å². The van der Waals surface area contributed by atoms with E-state index in [0.717, 1.165) is 5.56 Å². The maximum Gasteiger partial charge on any atom is 0.289 e. The highest BCUT2D eigenvalue weighted by Crippen LogP contribution is 2.18. The number of benzene rings is 2. The van der Waals surface area contributed by atoms with Gasteiger partial charge in [0.15, 0.2) is 0 Å². The lowest BCUT2D eigenvalue weighted by Crippen LogP contribution is -2.15. The Kier molecular flexibility index (Phi) is 6.03. The summed E-state index contributed by atoms with van der Waals surface area (Å²) in [6.07, 6.45) is 1.50. The standard InChI is InChI=1S/C22H18N4O4/c1-15-11-16(2)25(24-15)22(27)19(13-23)12-17-5-9-21(10-6-17)30-14-18-3-7-20(8-4-18)26(28)29/h3-12H,14H2,1-2H3/b19-12+. The van der Waals surface area contributed by atoms with Crippen molar-refractivity contribution in [2.45, 2.75) is 20.5 Å². The van der Waals surface area contributed by atoms with Crippen LogP contribution >= 0.6 is 0 Å². The van der Waals surface area contributed by atoms with Gasteiger partial charge in [-0.1, -0.05) is 12.1 Å². The number of nitro benzene ring substituents is 1. The number of aryl methyl sites for hydroxylation is 2. The third kappa shape index (κ3) is 4.77. The molecule has 30 heavy (non-hydrogen) atoms. The lowest BCUT2D eigenvalue weighted by Gasteiger charge is -2.07. The summed E-state index contributed by atoms with van der Waals surface area (Å²) in [7, 11) is 0. The number of nitrogens with zero attached hydrogens (tertiary/aromatic N) is 4. The van der Waals surface area contributed by atoms with E-state index in [1.165, 1.54) is 22.9 Å². The number of carbonyl (C=O) groups excluding carboxylic acids is 1. The van der Waals surface area contributed by atoms with Crippen LogP contribution in [-0.2, 0) is 6.61 Å². The second kappa shape index (κ2) is 8.84. The number of hydrogen-bond acceptors (Lipinski definition) is 6. The Labute approximate surface area is 172 Å². The molecular weight excluding hydrogens is 384 g/mol. The van der Waals surface area contributed by atoms with E-state index in [1.807, 2.05) is 6.07 Å². The molecule has 0 amide bonds. The van der Waals surface area contributed by atoms with Crippen molar-refractivity contribution in [1.29, 1.82) is 5.26 Å². The van der Waals surface area contributed by atoms with Gasteiger partial charge >= 0.3 is 0 Å². The fourth-order valence-electron chi connectivity index (χ4n) is 2.80. The molecule has 1 aromatic heterocycles. The van der Waals surface area contributed by atoms with Gasteiger partial charge in [0.2, 0.25) is 0 Å². The van der Waals surface area contributed by atoms with Crippen molar-refractivity contribution in [3.63, 3.8) is 0 Å². The summed E-state index contributed by atoms with van der Waals surface area (Å²) >= 11 is 0. The van der Waals surface area contributed by atoms with Crippen LogP contribution in [0.1, 0.15) is 27.3 Å². The number of hydrogen-bond donors (Lipinski definition) is 0. The highest BCUT2D eigenvalue weighted by atomic mass is 16.6. The lowest BCUT2D eigenvalue weighted by atomic mass is 10.1. The summed E-state index contributed by atoms with van der Waals surface area (Å²) in [6.45, 7) is 3.79. The number of aromatic nitrogens is 2. The van der Waals surface area contributed by atoms with Gasteiger partial charge in [-0.2, -0.15) is 10.4 Å². The van der Waals surface area contributed by atoms with E-state index in [2.05, 4.69) is 5.10 Å². The second-order valence-electron chi connectivity index (χ2n) is 6.60. The zero-order chi connectivity index (χ0) is 21.7. The van der Waals surface area contributed by atoms with Gasteiger partial charge in [0, 0.05) is 17.8 Å². The minimum absolute atomic E-state index is 0.0261. The summed E-state index contributed by atoms with van der Waals surface area (Å²) in [6, 6.07) is 16.7. The van der Waals surface area contributed by atoms with Crippen molar-refractivity contribution in [3.05, 3.63) is 92.8 Å². The topological polar surface area (TPSA) is 111 Å². The van der Waals surface area contributed by atoms with E-state index >= 15 is 0 Å². The maximum atomic E-state index is 12.5. The molecule has 0 aliphatic heterocycles. The molecule has 0 N–H and O–H groups in total. The molecule has 0 fully saturated rings. The third-order valence-corrected chi connectivity index (χ3v) is 4.30. The molecule has 0 bridgehead atoms. The molecule has 0 saturated carbocycles. The van der Waals surface area contributed by atoms with Crippen molar-refractivity contribution in [2.75, 3.05) is 0 Å². The molecule has 8 nitrogen and oxygen atoms in total. The fraction of sp³-hybridized carbons (Fsp3) is 0.136. The summed E-state index contributed by atoms with van der Waals surface area (Å²) in [4.78, 5) is 22.8. The molecule has 8 heteroatoms. The Hall–Kier alpha value is -4.25. The first-order valence-electron chi connectivity index (χ1n) is 9.03. The first-order valence-corrected chi connectivity index (χ1v) is 9.03. The Balaban J connectivity index is 1.68. The number of carbonyl (C=O) groups is 1. The molecule has 0 unspecified atom stereocenters. The number of allylic oxidation sites excluding steroid dienone is 1. The molecule has 3 rings (SSSR count). The zero-order valence-electron chi connectivity index (χ0n) is 16.4. The number of ether oxygens (including phenoxy) is 1. The fourth-order valence-corrected chi connectivity index (χ4v) is 2.80. The third-order valence-electron chi connectivity index (χ3n) is 4.30. The van der Waals surface area contributed by atoms with Crippen LogP contribution in [0.5, 0.6) is 5.75 Å². The highest BCUT2D eigenvalue weighted by molar-refractivity contribution is 6.03. The van der Waals surface area contributed by atoms with Gasteiger partial charge in [0.25, 0.3) is 11.6 Å². The maximum absolute atomic E-state index is 12.5. The molecule has 150 valence electrons. The number of nitro groups is 1. The van der Waals surface area contributed by atoms with Crippen LogP contribution in [0.2, 0.25) is 0 Å². The molecule has 0 atom stereocenters. The average molecular weight is 402 g/mol. The number of rotatable bonds is 6. The van der Waals surface area contributed by atoms with E-state index < -0.39 is 10.8 Å². The minimum atomic E-state index is -0.485. The summed E-state index contributed by atoms with van der Waals surface area (Å²) in [5, 5.41) is 24.2. The summed E-state index contributed by atoms with van der Waals surface area (Å²) in [5.41, 5.74) is 2.83. The minimum Gasteiger partial charge on any atom is -0.489 e. The zero-order valence-corrected chi connectivity index (χ0v) is 16.4. The van der Waals surface area contributed by atoms with Gasteiger partial charge in [0.1, 0.15) is 24.0 Å². The average Bonchev–Trinajstić information content (AvgIpc) is 3.09. The first kappa shape index (κ1) is 20.5. The van der Waals surface area contributed by atoms with E-state index in [4.69, 9.17) is 4.74 Å². The van der Waals surface area contributed by atoms with Crippen LogP contribution in [-0.4, -0.2) is 20.6 Å². The molecule has 0 spiro atoms. The van der Waals surface area contributed by atoms with Gasteiger partial charge in [0.05, 0.1) is 10.6 Å². The molecule has 0 radical (unpaired) electrons. The van der Waals surface area contributed by atoms with E-state index in [-0.39, 0.29) is 17.9 Å². The molecule has 0 saturated heterocycles. The van der Waals surface area contributed by atoms with Gasteiger partial charge in [-0.25, -0.2) is 4.68 Å². The number of non-ortho nitro benzene ring substituents is 1. The Bertz CT molecular complexity index is 1150. The van der Waals surface area contributed by atoms with Crippen LogP contribution in [0.15, 0.2) is 60.2 Å². The molecular formula is C22H18N4O4. The van der Waals surface area contributed by atoms with Crippen LogP contribution in [0.25, 0.3) is 6.08 Å². The highest BCUT2D eigenvalue weighted by Gasteiger charge is 2.15. The van der Waals surface area contributed by atoms with Gasteiger partial charge < -0.3 is 4.74 Å². The van der Waals surface area contributed by atoms with Crippen LogP contribution in [0, 0.1) is 35.3 Å². The lowest BCUT2D eigenvalue weighted by molar-refractivity contribution is -0.384. The smallest absolute Gasteiger partial charge is 0.289 e. The Morgan fingerprint density at radius 1 is 1.20 bits per heavy atom. The molecule has 2 aromatic carbocycles. The van der Waals surface area contributed by atoms with Crippen molar-refractivity contribution < 1.29 is 14.5 Å².